The number of carbonyl (C=O) groups is 1. The molecule has 1 atom stereocenters. The summed E-state index contributed by atoms with van der Waals surface area (Å²) in [6.07, 6.45) is 2.76. The predicted octanol–water partition coefficient (Wildman–Crippen LogP) is 1.24. The second-order valence-electron chi connectivity index (χ2n) is 4.32. The topological polar surface area (TPSA) is 45.2 Å². The number of nitrogens with one attached hydrogen (secondary N) is 1. The summed E-state index contributed by atoms with van der Waals surface area (Å²) in [5.41, 5.74) is 1.81. The van der Waals surface area contributed by atoms with Gasteiger partial charge in [-0.3, -0.25) is 9.78 Å². The fourth-order valence-corrected chi connectivity index (χ4v) is 2.50. The fraction of sp³-hybridized carbons (Fsp3) is 0.636. The van der Waals surface area contributed by atoms with Gasteiger partial charge in [0.1, 0.15) is 0 Å². The molecule has 1 saturated heterocycles. The van der Waals surface area contributed by atoms with E-state index >= 15 is 0 Å². The number of thiazole rings is 1. The van der Waals surface area contributed by atoms with Gasteiger partial charge >= 0.3 is 0 Å². The number of amides is 1. The van der Waals surface area contributed by atoms with E-state index < -0.39 is 0 Å². The summed E-state index contributed by atoms with van der Waals surface area (Å²) in [5.74, 6) is 0.236. The van der Waals surface area contributed by atoms with Crippen LogP contribution in [0.25, 0.3) is 0 Å². The second kappa shape index (κ2) is 4.93. The Balaban J connectivity index is 1.86. The molecule has 1 aliphatic heterocycles. The fourth-order valence-electron chi connectivity index (χ4n) is 1.96. The van der Waals surface area contributed by atoms with Gasteiger partial charge in [0.25, 0.3) is 0 Å². The molecule has 0 radical (unpaired) electrons. The maximum Gasteiger partial charge on any atom is 0.240 e. The number of nitrogens with zero attached hydrogens (tertiary/aromatic N) is 2. The zero-order valence-electron chi connectivity index (χ0n) is 9.64. The van der Waals surface area contributed by atoms with E-state index in [9.17, 15) is 4.79 Å². The predicted molar refractivity (Wildman–Crippen MR) is 64.2 cm³/mol. The van der Waals surface area contributed by atoms with E-state index in [4.69, 9.17) is 0 Å². The van der Waals surface area contributed by atoms with Crippen LogP contribution in [-0.2, 0) is 11.3 Å². The average molecular weight is 239 g/mol. The van der Waals surface area contributed by atoms with Gasteiger partial charge in [-0.2, -0.15) is 0 Å². The Morgan fingerprint density at radius 3 is 3.06 bits per heavy atom. The minimum atomic E-state index is -0.00972. The summed E-state index contributed by atoms with van der Waals surface area (Å²) in [4.78, 5) is 19.1. The van der Waals surface area contributed by atoms with Gasteiger partial charge in [0.05, 0.1) is 11.6 Å². The Hall–Kier alpha value is -0.940. The normalized spacial score (nSPS) is 21.1. The van der Waals surface area contributed by atoms with Crippen molar-refractivity contribution in [3.05, 3.63) is 16.6 Å². The monoisotopic (exact) mass is 239 g/mol. The van der Waals surface area contributed by atoms with Crippen LogP contribution in [0.2, 0.25) is 0 Å². The molecule has 16 heavy (non-hydrogen) atoms. The zero-order chi connectivity index (χ0) is 11.5. The summed E-state index contributed by atoms with van der Waals surface area (Å²) in [5, 5.41) is 3.30. The van der Waals surface area contributed by atoms with Crippen molar-refractivity contribution in [2.24, 2.45) is 0 Å². The number of hydrogen-bond acceptors (Lipinski definition) is 4. The minimum Gasteiger partial charge on any atom is -0.339 e. The molecule has 88 valence electrons. The first-order chi connectivity index (χ1) is 7.68. The molecule has 2 rings (SSSR count). The van der Waals surface area contributed by atoms with E-state index in [2.05, 4.69) is 24.1 Å². The molecular weight excluding hydrogens is 222 g/mol. The minimum absolute atomic E-state index is 0.00972. The number of likely N-dealkylation sites (tertiary alicyclic amines) is 1. The summed E-state index contributed by atoms with van der Waals surface area (Å²) in [6, 6.07) is 0.298. The van der Waals surface area contributed by atoms with Gasteiger partial charge in [-0.25, -0.2) is 0 Å². The lowest BCUT2D eigenvalue weighted by Gasteiger charge is -2.21. The highest BCUT2D eigenvalue weighted by Crippen LogP contribution is 2.15. The third kappa shape index (κ3) is 2.41. The van der Waals surface area contributed by atoms with Crippen LogP contribution in [0.4, 0.5) is 0 Å². The molecular formula is C11H17N3OS. The molecule has 0 aliphatic carbocycles. The van der Waals surface area contributed by atoms with Crippen LogP contribution in [0.1, 0.15) is 25.1 Å². The molecule has 1 amide bonds. The van der Waals surface area contributed by atoms with E-state index in [0.29, 0.717) is 6.04 Å². The maximum atomic E-state index is 12.0. The van der Waals surface area contributed by atoms with Crippen molar-refractivity contribution in [1.82, 2.24) is 15.2 Å². The molecule has 0 spiro atoms. The Bertz CT molecular complexity index is 350. The summed E-state index contributed by atoms with van der Waals surface area (Å²) >= 11 is 1.62. The molecule has 0 aromatic carbocycles. The Labute approximate surface area is 99.7 Å². The highest BCUT2D eigenvalue weighted by atomic mass is 32.1. The molecule has 0 saturated carbocycles. The first-order valence-corrected chi connectivity index (χ1v) is 6.47. The van der Waals surface area contributed by atoms with Crippen molar-refractivity contribution in [3.63, 3.8) is 0 Å². The van der Waals surface area contributed by atoms with Crippen LogP contribution >= 0.6 is 11.3 Å². The lowest BCUT2D eigenvalue weighted by Crippen LogP contribution is -2.40. The van der Waals surface area contributed by atoms with Gasteiger partial charge in [0, 0.05) is 30.2 Å². The molecule has 0 bridgehead atoms. The maximum absolute atomic E-state index is 12.0. The van der Waals surface area contributed by atoms with Gasteiger partial charge in [-0.05, 0) is 20.3 Å². The van der Waals surface area contributed by atoms with E-state index in [0.717, 1.165) is 19.5 Å². The molecule has 1 aromatic heterocycles. The number of hydrogen-bond donors (Lipinski definition) is 1. The van der Waals surface area contributed by atoms with Crippen LogP contribution in [0.15, 0.2) is 11.7 Å². The summed E-state index contributed by atoms with van der Waals surface area (Å²) in [7, 11) is 0. The highest BCUT2D eigenvalue weighted by Gasteiger charge is 2.32. The molecule has 2 heterocycles. The number of carbonyl (C=O) groups excluding carboxylic acids is 1. The number of rotatable bonds is 4. The van der Waals surface area contributed by atoms with Crippen LogP contribution in [0.3, 0.4) is 0 Å². The summed E-state index contributed by atoms with van der Waals surface area (Å²) in [6.45, 7) is 5.73. The SMILES string of the molecule is CC(C)N1CCC(NCc2cncs2)C1=O. The average Bonchev–Trinajstić information content (AvgIpc) is 2.84. The van der Waals surface area contributed by atoms with Crippen molar-refractivity contribution in [2.75, 3.05) is 6.54 Å². The lowest BCUT2D eigenvalue weighted by molar-refractivity contribution is -0.130. The van der Waals surface area contributed by atoms with E-state index in [1.54, 1.807) is 11.3 Å². The Kier molecular flexibility index (Phi) is 3.56. The van der Waals surface area contributed by atoms with Crippen molar-refractivity contribution < 1.29 is 4.79 Å². The van der Waals surface area contributed by atoms with Gasteiger partial charge in [-0.15, -0.1) is 11.3 Å². The second-order valence-corrected chi connectivity index (χ2v) is 5.29. The van der Waals surface area contributed by atoms with Crippen LogP contribution < -0.4 is 5.32 Å². The molecule has 1 N–H and O–H groups in total. The smallest absolute Gasteiger partial charge is 0.240 e. The quantitative estimate of drug-likeness (QED) is 0.860. The van der Waals surface area contributed by atoms with Crippen LogP contribution in [-0.4, -0.2) is 34.4 Å². The standard InChI is InChI=1S/C11H17N3OS/c1-8(2)14-4-3-10(11(14)15)13-6-9-5-12-7-16-9/h5,7-8,10,13H,3-4,6H2,1-2H3. The molecule has 4 nitrogen and oxygen atoms in total. The zero-order valence-corrected chi connectivity index (χ0v) is 10.5. The van der Waals surface area contributed by atoms with E-state index in [1.807, 2.05) is 16.6 Å². The van der Waals surface area contributed by atoms with E-state index in [-0.39, 0.29) is 11.9 Å². The van der Waals surface area contributed by atoms with Crippen molar-refractivity contribution in [1.29, 1.82) is 0 Å². The molecule has 5 heteroatoms. The number of aromatic nitrogens is 1. The molecule has 1 unspecified atom stereocenters. The van der Waals surface area contributed by atoms with Crippen molar-refractivity contribution in [2.45, 2.75) is 38.9 Å². The Morgan fingerprint density at radius 2 is 2.50 bits per heavy atom. The van der Waals surface area contributed by atoms with Gasteiger partial charge in [0.2, 0.25) is 5.91 Å². The van der Waals surface area contributed by atoms with Gasteiger partial charge in [-0.1, -0.05) is 0 Å². The van der Waals surface area contributed by atoms with Crippen molar-refractivity contribution in [3.8, 4) is 0 Å². The first-order valence-electron chi connectivity index (χ1n) is 5.59. The first kappa shape index (κ1) is 11.5. The third-order valence-corrected chi connectivity index (χ3v) is 3.65. The molecule has 1 fully saturated rings. The molecule has 1 aromatic rings. The van der Waals surface area contributed by atoms with Crippen molar-refractivity contribution >= 4 is 17.2 Å². The Morgan fingerprint density at radius 1 is 1.69 bits per heavy atom. The van der Waals surface area contributed by atoms with Crippen LogP contribution in [0, 0.1) is 0 Å². The third-order valence-electron chi connectivity index (χ3n) is 2.87. The van der Waals surface area contributed by atoms with E-state index in [1.165, 1.54) is 4.88 Å². The summed E-state index contributed by atoms with van der Waals surface area (Å²) < 4.78 is 0. The van der Waals surface area contributed by atoms with Crippen LogP contribution in [0.5, 0.6) is 0 Å². The van der Waals surface area contributed by atoms with Gasteiger partial charge in [0.15, 0.2) is 0 Å². The lowest BCUT2D eigenvalue weighted by atomic mass is 10.2. The highest BCUT2D eigenvalue weighted by molar-refractivity contribution is 7.09. The molecule has 1 aliphatic rings. The van der Waals surface area contributed by atoms with Gasteiger partial charge < -0.3 is 10.2 Å². The largest absolute Gasteiger partial charge is 0.339 e.